The van der Waals surface area contributed by atoms with E-state index >= 15 is 0 Å². The second kappa shape index (κ2) is 5.63. The van der Waals surface area contributed by atoms with Crippen molar-refractivity contribution in [3.05, 3.63) is 36.4 Å². The maximum atomic E-state index is 4.19. The van der Waals surface area contributed by atoms with Gasteiger partial charge in [-0.25, -0.2) is 0 Å². The molecule has 0 spiro atoms. The highest BCUT2D eigenvalue weighted by molar-refractivity contribution is 5.03. The fourth-order valence-corrected chi connectivity index (χ4v) is 1.82. The standard InChI is InChI=1S/C12H19N5/c1-11(9-17-7-3-5-14-17)13-6-4-12-8-15-16(2)10-12/h3,5,7-8,10-11,13H,4,6,9H2,1-2H3. The fourth-order valence-electron chi connectivity index (χ4n) is 1.82. The zero-order valence-electron chi connectivity index (χ0n) is 10.4. The monoisotopic (exact) mass is 233 g/mol. The molecule has 0 bridgehead atoms. The second-order valence-electron chi connectivity index (χ2n) is 4.36. The summed E-state index contributed by atoms with van der Waals surface area (Å²) in [7, 11) is 1.94. The summed E-state index contributed by atoms with van der Waals surface area (Å²) in [4.78, 5) is 0. The van der Waals surface area contributed by atoms with Crippen LogP contribution in [-0.2, 0) is 20.0 Å². The number of hydrogen-bond donors (Lipinski definition) is 1. The third kappa shape index (κ3) is 3.71. The van der Waals surface area contributed by atoms with Crippen molar-refractivity contribution in [1.82, 2.24) is 24.9 Å². The summed E-state index contributed by atoms with van der Waals surface area (Å²) in [5.74, 6) is 0. The van der Waals surface area contributed by atoms with E-state index in [1.54, 1.807) is 0 Å². The van der Waals surface area contributed by atoms with Crippen molar-refractivity contribution < 1.29 is 0 Å². The van der Waals surface area contributed by atoms with E-state index in [2.05, 4.69) is 28.6 Å². The van der Waals surface area contributed by atoms with E-state index < -0.39 is 0 Å². The molecular weight excluding hydrogens is 214 g/mol. The third-order valence-electron chi connectivity index (χ3n) is 2.68. The maximum Gasteiger partial charge on any atom is 0.0559 e. The summed E-state index contributed by atoms with van der Waals surface area (Å²) in [6.07, 6.45) is 8.78. The van der Waals surface area contributed by atoms with Gasteiger partial charge in [0.25, 0.3) is 0 Å². The number of rotatable bonds is 6. The lowest BCUT2D eigenvalue weighted by atomic mass is 10.2. The molecule has 2 aromatic heterocycles. The van der Waals surface area contributed by atoms with Gasteiger partial charge in [-0.3, -0.25) is 9.36 Å². The molecule has 0 aromatic carbocycles. The quantitative estimate of drug-likeness (QED) is 0.804. The van der Waals surface area contributed by atoms with E-state index in [9.17, 15) is 0 Å². The SMILES string of the molecule is CC(Cn1cccn1)NCCc1cnn(C)c1. The molecular formula is C12H19N5. The van der Waals surface area contributed by atoms with Crippen LogP contribution >= 0.6 is 0 Å². The average molecular weight is 233 g/mol. The number of aromatic nitrogens is 4. The van der Waals surface area contributed by atoms with Gasteiger partial charge in [0, 0.05) is 31.7 Å². The minimum absolute atomic E-state index is 0.423. The van der Waals surface area contributed by atoms with Crippen LogP contribution in [0.3, 0.4) is 0 Å². The highest BCUT2D eigenvalue weighted by Gasteiger charge is 2.02. The summed E-state index contributed by atoms with van der Waals surface area (Å²) in [6, 6.07) is 2.37. The van der Waals surface area contributed by atoms with E-state index in [4.69, 9.17) is 0 Å². The summed E-state index contributed by atoms with van der Waals surface area (Å²) >= 11 is 0. The number of nitrogens with one attached hydrogen (secondary N) is 1. The van der Waals surface area contributed by atoms with Crippen molar-refractivity contribution in [3.8, 4) is 0 Å². The van der Waals surface area contributed by atoms with Crippen LogP contribution in [0.25, 0.3) is 0 Å². The van der Waals surface area contributed by atoms with E-state index in [0.29, 0.717) is 6.04 Å². The molecule has 0 aliphatic carbocycles. The summed E-state index contributed by atoms with van der Waals surface area (Å²) < 4.78 is 3.78. The van der Waals surface area contributed by atoms with Crippen LogP contribution in [0.5, 0.6) is 0 Å². The van der Waals surface area contributed by atoms with E-state index in [1.165, 1.54) is 5.56 Å². The average Bonchev–Trinajstić information content (AvgIpc) is 2.90. The first kappa shape index (κ1) is 11.9. The Bertz CT molecular complexity index is 431. The fraction of sp³-hybridized carbons (Fsp3) is 0.500. The Morgan fingerprint density at radius 3 is 2.94 bits per heavy atom. The molecule has 0 aliphatic rings. The molecule has 0 aliphatic heterocycles. The van der Waals surface area contributed by atoms with Crippen molar-refractivity contribution in [1.29, 1.82) is 0 Å². The molecule has 1 unspecified atom stereocenters. The second-order valence-corrected chi connectivity index (χ2v) is 4.36. The third-order valence-corrected chi connectivity index (χ3v) is 2.68. The lowest BCUT2D eigenvalue weighted by Crippen LogP contribution is -2.32. The molecule has 0 amide bonds. The van der Waals surface area contributed by atoms with Crippen molar-refractivity contribution in [2.24, 2.45) is 7.05 Å². The molecule has 5 nitrogen and oxygen atoms in total. The van der Waals surface area contributed by atoms with Crippen molar-refractivity contribution in [3.63, 3.8) is 0 Å². The number of hydrogen-bond acceptors (Lipinski definition) is 3. The summed E-state index contributed by atoms with van der Waals surface area (Å²) in [6.45, 7) is 4.04. The van der Waals surface area contributed by atoms with Crippen LogP contribution in [0.2, 0.25) is 0 Å². The summed E-state index contributed by atoms with van der Waals surface area (Å²) in [5.41, 5.74) is 1.27. The molecule has 0 saturated heterocycles. The van der Waals surface area contributed by atoms with Gasteiger partial charge in [-0.15, -0.1) is 0 Å². The van der Waals surface area contributed by atoms with Crippen LogP contribution in [0.1, 0.15) is 12.5 Å². The van der Waals surface area contributed by atoms with Gasteiger partial charge >= 0.3 is 0 Å². The molecule has 17 heavy (non-hydrogen) atoms. The Labute approximate surface area is 101 Å². The predicted octanol–water partition coefficient (Wildman–Crippen LogP) is 0.837. The highest BCUT2D eigenvalue weighted by Crippen LogP contribution is 1.97. The lowest BCUT2D eigenvalue weighted by Gasteiger charge is -2.13. The van der Waals surface area contributed by atoms with Gasteiger partial charge in [0.1, 0.15) is 0 Å². The maximum absolute atomic E-state index is 4.19. The number of aryl methyl sites for hydroxylation is 1. The van der Waals surface area contributed by atoms with Crippen molar-refractivity contribution in [2.45, 2.75) is 25.9 Å². The first-order valence-electron chi connectivity index (χ1n) is 5.92. The molecule has 0 radical (unpaired) electrons. The normalized spacial score (nSPS) is 12.8. The minimum Gasteiger partial charge on any atom is -0.312 e. The number of nitrogens with zero attached hydrogens (tertiary/aromatic N) is 4. The summed E-state index contributed by atoms with van der Waals surface area (Å²) in [5, 5.41) is 11.8. The Balaban J connectivity index is 1.68. The van der Waals surface area contributed by atoms with Gasteiger partial charge in [0.05, 0.1) is 12.7 Å². The van der Waals surface area contributed by atoms with Gasteiger partial charge < -0.3 is 5.32 Å². The van der Waals surface area contributed by atoms with Gasteiger partial charge in [-0.1, -0.05) is 0 Å². The van der Waals surface area contributed by atoms with E-state index in [-0.39, 0.29) is 0 Å². The van der Waals surface area contributed by atoms with Crippen LogP contribution in [0.15, 0.2) is 30.9 Å². The first-order chi connectivity index (χ1) is 8.24. The van der Waals surface area contributed by atoms with Crippen LogP contribution in [0, 0.1) is 0 Å². The molecule has 2 heterocycles. The molecule has 1 N–H and O–H groups in total. The zero-order chi connectivity index (χ0) is 12.1. The largest absolute Gasteiger partial charge is 0.312 e. The minimum atomic E-state index is 0.423. The van der Waals surface area contributed by atoms with Crippen LogP contribution in [0.4, 0.5) is 0 Å². The molecule has 2 rings (SSSR count). The Hall–Kier alpha value is -1.62. The van der Waals surface area contributed by atoms with Gasteiger partial charge in [0.2, 0.25) is 0 Å². The highest BCUT2D eigenvalue weighted by atomic mass is 15.3. The molecule has 0 saturated carbocycles. The first-order valence-corrected chi connectivity index (χ1v) is 5.92. The molecule has 2 aromatic rings. The van der Waals surface area contributed by atoms with Crippen molar-refractivity contribution >= 4 is 0 Å². The topological polar surface area (TPSA) is 47.7 Å². The smallest absolute Gasteiger partial charge is 0.0559 e. The zero-order valence-corrected chi connectivity index (χ0v) is 10.4. The molecule has 5 heteroatoms. The molecule has 92 valence electrons. The van der Waals surface area contributed by atoms with E-state index in [1.807, 2.05) is 41.1 Å². The Morgan fingerprint density at radius 1 is 1.41 bits per heavy atom. The Morgan fingerprint density at radius 2 is 2.29 bits per heavy atom. The molecule has 1 atom stereocenters. The Kier molecular flexibility index (Phi) is 3.93. The van der Waals surface area contributed by atoms with Gasteiger partial charge in [-0.05, 0) is 31.5 Å². The van der Waals surface area contributed by atoms with E-state index in [0.717, 1.165) is 19.5 Å². The van der Waals surface area contributed by atoms with Gasteiger partial charge in [-0.2, -0.15) is 10.2 Å². The van der Waals surface area contributed by atoms with Crippen LogP contribution in [-0.4, -0.2) is 32.1 Å². The lowest BCUT2D eigenvalue weighted by molar-refractivity contribution is 0.454. The van der Waals surface area contributed by atoms with Crippen molar-refractivity contribution in [2.75, 3.05) is 6.54 Å². The van der Waals surface area contributed by atoms with Gasteiger partial charge in [0.15, 0.2) is 0 Å². The predicted molar refractivity (Wildman–Crippen MR) is 66.6 cm³/mol. The van der Waals surface area contributed by atoms with Crippen LogP contribution < -0.4 is 5.32 Å². The molecule has 0 fully saturated rings.